The van der Waals surface area contributed by atoms with Gasteiger partial charge in [0.1, 0.15) is 0 Å². The van der Waals surface area contributed by atoms with Crippen LogP contribution in [-0.2, 0) is 4.79 Å². The molecule has 0 fully saturated rings. The van der Waals surface area contributed by atoms with Crippen LogP contribution in [0.2, 0.25) is 0 Å². The summed E-state index contributed by atoms with van der Waals surface area (Å²) in [5, 5.41) is 2.92. The third-order valence-corrected chi connectivity index (χ3v) is 4.17. The van der Waals surface area contributed by atoms with Gasteiger partial charge in [0.05, 0.1) is 11.3 Å². The highest BCUT2D eigenvalue weighted by atomic mass is 16.5. The lowest BCUT2D eigenvalue weighted by molar-refractivity contribution is -0.121. The van der Waals surface area contributed by atoms with Crippen LogP contribution in [0.4, 0.5) is 11.4 Å². The molecule has 0 radical (unpaired) electrons. The number of benzene rings is 2. The second kappa shape index (κ2) is 5.76. The average Bonchev–Trinajstić information content (AvgIpc) is 2.55. The Morgan fingerprint density at radius 1 is 1.17 bits per heavy atom. The molecule has 1 aliphatic heterocycles. The van der Waals surface area contributed by atoms with Crippen molar-refractivity contribution in [1.29, 1.82) is 0 Å². The molecule has 118 valence electrons. The summed E-state index contributed by atoms with van der Waals surface area (Å²) in [5.41, 5.74) is 3.93. The lowest BCUT2D eigenvalue weighted by Gasteiger charge is -2.27. The van der Waals surface area contributed by atoms with Crippen molar-refractivity contribution in [3.05, 3.63) is 53.1 Å². The van der Waals surface area contributed by atoms with E-state index >= 15 is 0 Å². The largest absolute Gasteiger partial charge is 0.481 e. The number of amides is 2. The third kappa shape index (κ3) is 2.65. The summed E-state index contributed by atoms with van der Waals surface area (Å²) in [6.07, 6.45) is 0. The quantitative estimate of drug-likeness (QED) is 0.928. The molecule has 5 heteroatoms. The molecule has 2 amide bonds. The Kier molecular flexibility index (Phi) is 3.78. The number of para-hydroxylation sites is 1. The number of rotatable bonds is 2. The van der Waals surface area contributed by atoms with E-state index in [9.17, 15) is 9.59 Å². The van der Waals surface area contributed by atoms with Gasteiger partial charge in [0.25, 0.3) is 11.8 Å². The molecule has 0 aromatic heterocycles. The molecule has 0 atom stereocenters. The summed E-state index contributed by atoms with van der Waals surface area (Å²) in [7, 11) is 1.68. The van der Waals surface area contributed by atoms with Crippen LogP contribution in [0, 0.1) is 13.8 Å². The number of fused-ring (bicyclic) bond motifs is 1. The Morgan fingerprint density at radius 3 is 2.70 bits per heavy atom. The molecule has 0 unspecified atom stereocenters. The van der Waals surface area contributed by atoms with Crippen molar-refractivity contribution in [2.45, 2.75) is 13.8 Å². The Morgan fingerprint density at radius 2 is 1.91 bits per heavy atom. The number of hydrogen-bond acceptors (Lipinski definition) is 3. The number of anilines is 2. The zero-order valence-corrected chi connectivity index (χ0v) is 13.3. The highest BCUT2D eigenvalue weighted by Gasteiger charge is 2.26. The van der Waals surface area contributed by atoms with E-state index in [1.54, 1.807) is 25.2 Å². The van der Waals surface area contributed by atoms with Crippen LogP contribution in [0.3, 0.4) is 0 Å². The summed E-state index contributed by atoms with van der Waals surface area (Å²) < 4.78 is 5.50. The first-order chi connectivity index (χ1) is 11.0. The smallest absolute Gasteiger partial charge is 0.264 e. The van der Waals surface area contributed by atoms with Crippen LogP contribution in [0.5, 0.6) is 5.75 Å². The van der Waals surface area contributed by atoms with Crippen LogP contribution in [-0.4, -0.2) is 25.5 Å². The zero-order chi connectivity index (χ0) is 16.6. The van der Waals surface area contributed by atoms with Gasteiger partial charge in [-0.3, -0.25) is 9.59 Å². The molecule has 0 saturated carbocycles. The van der Waals surface area contributed by atoms with E-state index in [-0.39, 0.29) is 18.4 Å². The molecule has 0 spiro atoms. The van der Waals surface area contributed by atoms with Crippen LogP contribution in [0.15, 0.2) is 36.4 Å². The van der Waals surface area contributed by atoms with Gasteiger partial charge in [0, 0.05) is 12.7 Å². The van der Waals surface area contributed by atoms with Gasteiger partial charge >= 0.3 is 0 Å². The minimum Gasteiger partial charge on any atom is -0.481 e. The van der Waals surface area contributed by atoms with Crippen molar-refractivity contribution in [2.75, 3.05) is 23.9 Å². The van der Waals surface area contributed by atoms with Gasteiger partial charge < -0.3 is 15.0 Å². The molecule has 0 saturated heterocycles. The SMILES string of the molecule is Cc1cccc(NC(=O)c2cccc3c2OCC(=O)N3C)c1C. The molecular weight excluding hydrogens is 292 g/mol. The van der Waals surface area contributed by atoms with E-state index in [1.807, 2.05) is 32.0 Å². The van der Waals surface area contributed by atoms with Gasteiger partial charge in [0.15, 0.2) is 12.4 Å². The minimum absolute atomic E-state index is 0.0583. The van der Waals surface area contributed by atoms with E-state index in [4.69, 9.17) is 4.74 Å². The van der Waals surface area contributed by atoms with E-state index in [0.717, 1.165) is 16.8 Å². The Labute approximate surface area is 134 Å². The molecule has 3 rings (SSSR count). The van der Waals surface area contributed by atoms with Gasteiger partial charge in [-0.2, -0.15) is 0 Å². The van der Waals surface area contributed by atoms with Crippen molar-refractivity contribution < 1.29 is 14.3 Å². The summed E-state index contributed by atoms with van der Waals surface area (Å²) in [6, 6.07) is 11.0. The summed E-state index contributed by atoms with van der Waals surface area (Å²) in [6.45, 7) is 3.91. The second-order valence-corrected chi connectivity index (χ2v) is 5.60. The summed E-state index contributed by atoms with van der Waals surface area (Å²) in [4.78, 5) is 25.9. The van der Waals surface area contributed by atoms with Crippen LogP contribution in [0.1, 0.15) is 21.5 Å². The van der Waals surface area contributed by atoms with Crippen molar-refractivity contribution in [3.8, 4) is 5.75 Å². The number of aryl methyl sites for hydroxylation is 1. The first-order valence-electron chi connectivity index (χ1n) is 7.39. The molecular formula is C18H18N2O3. The molecule has 23 heavy (non-hydrogen) atoms. The maximum absolute atomic E-state index is 12.6. The second-order valence-electron chi connectivity index (χ2n) is 5.60. The number of likely N-dealkylation sites (N-methyl/N-ethyl adjacent to an activating group) is 1. The normalized spacial score (nSPS) is 13.3. The fourth-order valence-electron chi connectivity index (χ4n) is 2.56. The maximum atomic E-state index is 12.6. The van der Waals surface area contributed by atoms with Gasteiger partial charge in [-0.1, -0.05) is 18.2 Å². The zero-order valence-electron chi connectivity index (χ0n) is 13.3. The maximum Gasteiger partial charge on any atom is 0.264 e. The van der Waals surface area contributed by atoms with Crippen LogP contribution < -0.4 is 15.0 Å². The number of carbonyl (C=O) groups excluding carboxylic acids is 2. The standard InChI is InChI=1S/C18H18N2O3/c1-11-6-4-8-14(12(11)2)19-18(22)13-7-5-9-15-17(13)23-10-16(21)20(15)3/h4-9H,10H2,1-3H3,(H,19,22). The third-order valence-electron chi connectivity index (χ3n) is 4.17. The van der Waals surface area contributed by atoms with Crippen LogP contribution >= 0.6 is 0 Å². The molecule has 5 nitrogen and oxygen atoms in total. The molecule has 0 aliphatic carbocycles. The molecule has 2 aromatic rings. The molecule has 2 aromatic carbocycles. The number of hydrogen-bond donors (Lipinski definition) is 1. The molecule has 1 heterocycles. The van der Waals surface area contributed by atoms with E-state index in [0.29, 0.717) is 17.0 Å². The Bertz CT molecular complexity index is 799. The van der Waals surface area contributed by atoms with Crippen molar-refractivity contribution >= 4 is 23.2 Å². The summed E-state index contributed by atoms with van der Waals surface area (Å²) >= 11 is 0. The summed E-state index contributed by atoms with van der Waals surface area (Å²) in [5.74, 6) is 0.0558. The van der Waals surface area contributed by atoms with E-state index in [2.05, 4.69) is 5.32 Å². The molecule has 1 aliphatic rings. The lowest BCUT2D eigenvalue weighted by Crippen LogP contribution is -2.36. The van der Waals surface area contributed by atoms with Gasteiger partial charge in [-0.05, 0) is 43.2 Å². The van der Waals surface area contributed by atoms with Gasteiger partial charge in [-0.15, -0.1) is 0 Å². The highest BCUT2D eigenvalue weighted by Crippen LogP contribution is 2.35. The number of nitrogens with one attached hydrogen (secondary N) is 1. The van der Waals surface area contributed by atoms with Crippen molar-refractivity contribution in [3.63, 3.8) is 0 Å². The Balaban J connectivity index is 1.95. The fraction of sp³-hybridized carbons (Fsp3) is 0.222. The van der Waals surface area contributed by atoms with Crippen molar-refractivity contribution in [1.82, 2.24) is 0 Å². The predicted molar refractivity (Wildman–Crippen MR) is 89.2 cm³/mol. The minimum atomic E-state index is -0.252. The lowest BCUT2D eigenvalue weighted by atomic mass is 10.1. The number of nitrogens with zero attached hydrogens (tertiary/aromatic N) is 1. The van der Waals surface area contributed by atoms with E-state index < -0.39 is 0 Å². The van der Waals surface area contributed by atoms with Gasteiger partial charge in [-0.25, -0.2) is 0 Å². The average molecular weight is 310 g/mol. The highest BCUT2D eigenvalue weighted by molar-refractivity contribution is 6.09. The predicted octanol–water partition coefficient (Wildman–Crippen LogP) is 2.91. The fourth-order valence-corrected chi connectivity index (χ4v) is 2.56. The van der Waals surface area contributed by atoms with Crippen molar-refractivity contribution in [2.24, 2.45) is 0 Å². The topological polar surface area (TPSA) is 58.6 Å². The van der Waals surface area contributed by atoms with Gasteiger partial charge in [0.2, 0.25) is 0 Å². The molecule has 1 N–H and O–H groups in total. The number of ether oxygens (including phenoxy) is 1. The Hall–Kier alpha value is -2.82. The number of carbonyl (C=O) groups is 2. The van der Waals surface area contributed by atoms with E-state index in [1.165, 1.54) is 4.90 Å². The first kappa shape index (κ1) is 15.1. The van der Waals surface area contributed by atoms with Crippen LogP contribution in [0.25, 0.3) is 0 Å². The monoisotopic (exact) mass is 310 g/mol. The molecule has 0 bridgehead atoms. The first-order valence-corrected chi connectivity index (χ1v) is 7.39.